The number of methoxy groups -OCH3 is 2. The molecule has 1 aliphatic rings. The Morgan fingerprint density at radius 3 is 1.91 bits per heavy atom. The van der Waals surface area contributed by atoms with Crippen LogP contribution in [0, 0.1) is 0 Å². The van der Waals surface area contributed by atoms with Crippen LogP contribution in [0.2, 0.25) is 0 Å². The molecule has 0 spiro atoms. The van der Waals surface area contributed by atoms with E-state index >= 15 is 0 Å². The molecular weight excluding hydrogens is 677 g/mol. The SMILES string of the molecule is COC(=O)C(CCN[C@@H](CS)C(=O)S)NC(=O)c1sc(C(=O)NC(CCSN[C@H](C=O)CS)C(=O)OC)c2c1OCCCO2. The molecule has 2 amide bonds. The Morgan fingerprint density at radius 2 is 1.45 bits per heavy atom. The number of hydrogen-bond donors (Lipinski definition) is 7. The van der Waals surface area contributed by atoms with Gasteiger partial charge in [-0.15, -0.1) is 24.0 Å². The number of nitrogens with one attached hydrogen (secondary N) is 4. The summed E-state index contributed by atoms with van der Waals surface area (Å²) in [5.74, 6) is -1.94. The summed E-state index contributed by atoms with van der Waals surface area (Å²) in [6, 6.07) is -3.28. The molecule has 246 valence electrons. The Hall–Kier alpha value is -2.16. The van der Waals surface area contributed by atoms with Crippen molar-refractivity contribution in [3.8, 4) is 11.5 Å². The minimum atomic E-state index is -1.10. The average molecular weight is 713 g/mol. The van der Waals surface area contributed by atoms with Gasteiger partial charge in [0.05, 0.1) is 39.5 Å². The number of fused-ring (bicyclic) bond motifs is 1. The topological polar surface area (TPSA) is 187 Å². The highest BCUT2D eigenvalue weighted by Crippen LogP contribution is 2.43. The van der Waals surface area contributed by atoms with E-state index in [1.54, 1.807) is 0 Å². The third kappa shape index (κ3) is 11.3. The number of ether oxygens (including phenoxy) is 4. The smallest absolute Gasteiger partial charge is 0.328 e. The van der Waals surface area contributed by atoms with Crippen LogP contribution in [0.1, 0.15) is 38.6 Å². The van der Waals surface area contributed by atoms with Gasteiger partial charge < -0.3 is 39.7 Å². The third-order valence-corrected chi connectivity index (χ3v) is 9.14. The number of thiophene rings is 1. The lowest BCUT2D eigenvalue weighted by Crippen LogP contribution is -2.45. The molecule has 0 bridgehead atoms. The second-order valence-electron chi connectivity index (χ2n) is 9.06. The Labute approximate surface area is 279 Å². The van der Waals surface area contributed by atoms with Crippen molar-refractivity contribution in [1.82, 2.24) is 20.7 Å². The molecule has 19 heteroatoms. The first-order valence-corrected chi connectivity index (χ1v) is 16.8. The van der Waals surface area contributed by atoms with Gasteiger partial charge in [0.1, 0.15) is 28.1 Å². The molecule has 2 rings (SSSR count). The zero-order valence-corrected chi connectivity index (χ0v) is 28.3. The number of hydrogen-bond acceptors (Lipinski definition) is 16. The molecule has 4 atom stereocenters. The van der Waals surface area contributed by atoms with E-state index < -0.39 is 53.0 Å². The molecule has 1 aliphatic heterocycles. The van der Waals surface area contributed by atoms with Crippen molar-refractivity contribution in [2.75, 3.05) is 51.2 Å². The minimum absolute atomic E-state index is 0.0111. The number of rotatable bonds is 19. The normalized spacial score (nSPS) is 15.1. The molecular formula is C25H36N4O10S5. The van der Waals surface area contributed by atoms with Crippen LogP contribution in [0.5, 0.6) is 11.5 Å². The van der Waals surface area contributed by atoms with Crippen LogP contribution in [0.4, 0.5) is 0 Å². The molecule has 0 aliphatic carbocycles. The first-order chi connectivity index (χ1) is 21.1. The summed E-state index contributed by atoms with van der Waals surface area (Å²) in [6.45, 7) is 0.575. The summed E-state index contributed by atoms with van der Waals surface area (Å²) < 4.78 is 24.1. The Balaban J connectivity index is 2.24. The van der Waals surface area contributed by atoms with Gasteiger partial charge >= 0.3 is 11.9 Å². The van der Waals surface area contributed by atoms with E-state index in [4.69, 9.17) is 18.9 Å². The second kappa shape index (κ2) is 20.1. The summed E-state index contributed by atoms with van der Waals surface area (Å²) >= 11 is 13.9. The molecule has 0 radical (unpaired) electrons. The van der Waals surface area contributed by atoms with Crippen molar-refractivity contribution >= 4 is 96.3 Å². The fraction of sp³-hybridized carbons (Fsp3) is 0.600. The lowest BCUT2D eigenvalue weighted by atomic mass is 10.2. The van der Waals surface area contributed by atoms with Gasteiger partial charge in [0.15, 0.2) is 11.5 Å². The Morgan fingerprint density at radius 1 is 0.909 bits per heavy atom. The number of carbonyl (C=O) groups excluding carboxylic acids is 6. The molecule has 1 aromatic rings. The van der Waals surface area contributed by atoms with E-state index in [2.05, 4.69) is 58.6 Å². The molecule has 44 heavy (non-hydrogen) atoms. The van der Waals surface area contributed by atoms with Crippen LogP contribution in [0.25, 0.3) is 0 Å². The van der Waals surface area contributed by atoms with E-state index in [0.717, 1.165) is 11.3 Å². The van der Waals surface area contributed by atoms with E-state index in [1.807, 2.05) is 0 Å². The van der Waals surface area contributed by atoms with Crippen molar-refractivity contribution in [1.29, 1.82) is 0 Å². The lowest BCUT2D eigenvalue weighted by molar-refractivity contribution is -0.143. The molecule has 0 saturated heterocycles. The molecule has 0 fully saturated rings. The number of carbonyl (C=O) groups is 6. The Bertz CT molecular complexity index is 1170. The highest BCUT2D eigenvalue weighted by Gasteiger charge is 2.34. The van der Waals surface area contributed by atoms with Crippen molar-refractivity contribution in [2.24, 2.45) is 0 Å². The van der Waals surface area contributed by atoms with Gasteiger partial charge in [0.25, 0.3) is 11.8 Å². The predicted octanol–water partition coefficient (Wildman–Crippen LogP) is 0.312. The molecule has 14 nitrogen and oxygen atoms in total. The fourth-order valence-electron chi connectivity index (χ4n) is 3.68. The number of aldehydes is 1. The van der Waals surface area contributed by atoms with Gasteiger partial charge in [-0.05, 0) is 19.4 Å². The maximum atomic E-state index is 13.4. The summed E-state index contributed by atoms with van der Waals surface area (Å²) in [6.07, 6.45) is 1.43. The van der Waals surface area contributed by atoms with Crippen LogP contribution in [0.15, 0.2) is 0 Å². The molecule has 2 heterocycles. The maximum absolute atomic E-state index is 13.4. The second-order valence-corrected chi connectivity index (χ2v) is 12.2. The zero-order valence-electron chi connectivity index (χ0n) is 24.0. The monoisotopic (exact) mass is 712 g/mol. The van der Waals surface area contributed by atoms with Gasteiger partial charge in [-0.2, -0.15) is 25.3 Å². The summed E-state index contributed by atoms with van der Waals surface area (Å²) in [5, 5.41) is 7.72. The van der Waals surface area contributed by atoms with Gasteiger partial charge in [-0.3, -0.25) is 19.1 Å². The third-order valence-electron chi connectivity index (χ3n) is 6.01. The van der Waals surface area contributed by atoms with Gasteiger partial charge in [0, 0.05) is 23.7 Å². The number of esters is 2. The van der Waals surface area contributed by atoms with Crippen molar-refractivity contribution in [2.45, 2.75) is 43.4 Å². The minimum Gasteiger partial charge on any atom is -0.488 e. The predicted molar refractivity (Wildman–Crippen MR) is 175 cm³/mol. The van der Waals surface area contributed by atoms with Gasteiger partial charge in [-0.1, -0.05) is 11.9 Å². The lowest BCUT2D eigenvalue weighted by Gasteiger charge is -2.18. The maximum Gasteiger partial charge on any atom is 0.328 e. The molecule has 4 N–H and O–H groups in total. The van der Waals surface area contributed by atoms with E-state index in [1.165, 1.54) is 26.2 Å². The van der Waals surface area contributed by atoms with Crippen LogP contribution in [0.3, 0.4) is 0 Å². The van der Waals surface area contributed by atoms with E-state index in [9.17, 15) is 28.8 Å². The first-order valence-electron chi connectivity index (χ1n) is 13.3. The van der Waals surface area contributed by atoms with Gasteiger partial charge in [-0.25, -0.2) is 9.59 Å². The molecule has 0 saturated carbocycles. The van der Waals surface area contributed by atoms with Crippen LogP contribution >= 0.6 is 61.2 Å². The standard InChI is InChI=1S/C25H36N4O10S5/c1-36-23(33)14(4-6-26-16(12-41)25(35)42)27-21(31)19-17-18(39-8-3-7-38-17)20(44-19)22(32)28-15(24(34)37-2)5-9-43-29-13(10-30)11-40/h10,13-16,26,29,40-41H,3-9,11-12H2,1-2H3,(H,27,31)(H,28,32)(H,35,42)/t13-,14?,15?,16+/m1/s1. The number of amides is 2. The van der Waals surface area contributed by atoms with Crippen LogP contribution < -0.4 is 30.1 Å². The highest BCUT2D eigenvalue weighted by atomic mass is 32.2. The first kappa shape index (κ1) is 38.0. The van der Waals surface area contributed by atoms with Gasteiger partial charge in [0.2, 0.25) is 5.12 Å². The van der Waals surface area contributed by atoms with Crippen molar-refractivity contribution in [3.05, 3.63) is 9.75 Å². The Kier molecular flexibility index (Phi) is 17.3. The number of thiol groups is 3. The van der Waals surface area contributed by atoms with E-state index in [0.29, 0.717) is 24.2 Å². The van der Waals surface area contributed by atoms with Crippen LogP contribution in [-0.2, 0) is 28.7 Å². The van der Waals surface area contributed by atoms with Crippen molar-refractivity contribution < 1.29 is 47.7 Å². The van der Waals surface area contributed by atoms with Crippen LogP contribution in [-0.4, -0.2) is 111 Å². The van der Waals surface area contributed by atoms with Crippen molar-refractivity contribution in [3.63, 3.8) is 0 Å². The molecule has 2 unspecified atom stereocenters. The zero-order chi connectivity index (χ0) is 32.6. The molecule has 0 aromatic carbocycles. The summed E-state index contributed by atoms with van der Waals surface area (Å²) in [7, 11) is 2.36. The largest absolute Gasteiger partial charge is 0.488 e. The average Bonchev–Trinajstić information content (AvgIpc) is 3.21. The summed E-state index contributed by atoms with van der Waals surface area (Å²) in [5.41, 5.74) is 0. The fourth-order valence-corrected chi connectivity index (χ4v) is 6.42. The molecule has 1 aromatic heterocycles. The highest BCUT2D eigenvalue weighted by molar-refractivity contribution is 7.97. The summed E-state index contributed by atoms with van der Waals surface area (Å²) in [4.78, 5) is 74.2. The van der Waals surface area contributed by atoms with E-state index in [-0.39, 0.29) is 59.6 Å². The quantitative estimate of drug-likeness (QED) is 0.0342.